The van der Waals surface area contributed by atoms with Crippen LogP contribution in [0.4, 0.5) is 16.2 Å². The van der Waals surface area contributed by atoms with Gasteiger partial charge in [-0.15, -0.1) is 0 Å². The Balaban J connectivity index is 1.53. The van der Waals surface area contributed by atoms with Crippen molar-refractivity contribution in [2.24, 2.45) is 0 Å². The first-order valence-corrected chi connectivity index (χ1v) is 9.20. The van der Waals surface area contributed by atoms with E-state index in [1.54, 1.807) is 12.1 Å². The summed E-state index contributed by atoms with van der Waals surface area (Å²) < 4.78 is 4.96. The molecule has 1 spiro atoms. The van der Waals surface area contributed by atoms with Crippen LogP contribution in [0.15, 0.2) is 42.5 Å². The number of nitro groups is 1. The van der Waals surface area contributed by atoms with E-state index in [4.69, 9.17) is 4.74 Å². The Hall–Kier alpha value is -3.95. The van der Waals surface area contributed by atoms with E-state index < -0.39 is 34.9 Å². The molecule has 4 rings (SSSR count). The van der Waals surface area contributed by atoms with E-state index in [1.165, 1.54) is 25.3 Å². The molecule has 0 saturated carbocycles. The van der Waals surface area contributed by atoms with Crippen molar-refractivity contribution >= 4 is 29.2 Å². The average molecular weight is 410 g/mol. The fourth-order valence-corrected chi connectivity index (χ4v) is 3.96. The van der Waals surface area contributed by atoms with Crippen molar-refractivity contribution in [1.29, 1.82) is 0 Å². The Bertz CT molecular complexity index is 1080. The Morgan fingerprint density at radius 2 is 2.07 bits per heavy atom. The van der Waals surface area contributed by atoms with Crippen molar-refractivity contribution in [3.8, 4) is 5.75 Å². The second-order valence-electron chi connectivity index (χ2n) is 7.07. The number of methoxy groups -OCH3 is 1. The molecule has 2 aromatic carbocycles. The molecule has 1 aliphatic heterocycles. The lowest BCUT2D eigenvalue weighted by atomic mass is 9.92. The van der Waals surface area contributed by atoms with Gasteiger partial charge in [0.15, 0.2) is 0 Å². The number of urea groups is 1. The number of nitrogens with one attached hydrogen (secondary N) is 2. The summed E-state index contributed by atoms with van der Waals surface area (Å²) in [6, 6.07) is 10.7. The van der Waals surface area contributed by atoms with Crippen LogP contribution >= 0.6 is 0 Å². The van der Waals surface area contributed by atoms with Crippen LogP contribution in [-0.4, -0.2) is 41.3 Å². The second-order valence-corrected chi connectivity index (χ2v) is 7.07. The summed E-state index contributed by atoms with van der Waals surface area (Å²) in [5.74, 6) is -0.970. The number of imide groups is 1. The van der Waals surface area contributed by atoms with E-state index in [9.17, 15) is 24.5 Å². The van der Waals surface area contributed by atoms with E-state index in [0.29, 0.717) is 12.8 Å². The number of carbonyl (C=O) groups excluding carboxylic acids is 3. The van der Waals surface area contributed by atoms with Gasteiger partial charge in [-0.1, -0.05) is 24.3 Å². The van der Waals surface area contributed by atoms with Gasteiger partial charge in [0.25, 0.3) is 11.6 Å². The number of rotatable bonds is 5. The largest absolute Gasteiger partial charge is 0.496 e. The molecule has 30 heavy (non-hydrogen) atoms. The van der Waals surface area contributed by atoms with Crippen LogP contribution in [-0.2, 0) is 21.5 Å². The zero-order valence-electron chi connectivity index (χ0n) is 16.0. The number of nitrogens with zero attached hydrogens (tertiary/aromatic N) is 2. The summed E-state index contributed by atoms with van der Waals surface area (Å²) in [6.07, 6.45) is 1.05. The fraction of sp³-hybridized carbons (Fsp3) is 0.250. The van der Waals surface area contributed by atoms with Crippen LogP contribution in [0.3, 0.4) is 0 Å². The second kappa shape index (κ2) is 7.14. The van der Waals surface area contributed by atoms with E-state index >= 15 is 0 Å². The van der Waals surface area contributed by atoms with Crippen molar-refractivity contribution < 1.29 is 24.0 Å². The number of benzene rings is 2. The minimum atomic E-state index is -1.17. The predicted octanol–water partition coefficient (Wildman–Crippen LogP) is 1.94. The molecule has 1 saturated heterocycles. The number of hydrogen-bond acceptors (Lipinski definition) is 6. The molecule has 1 heterocycles. The van der Waals surface area contributed by atoms with Gasteiger partial charge in [-0.05, 0) is 36.1 Å². The maximum atomic E-state index is 13.1. The van der Waals surface area contributed by atoms with Crippen LogP contribution in [0, 0.1) is 10.1 Å². The standard InChI is InChI=1S/C20H18N4O6/c1-30-13-6-7-15(16(10-13)24(28)29)21-17(25)11-23-18(26)20(22-19(23)27)9-8-12-4-2-3-5-14(12)20/h2-7,10H,8-9,11H2,1H3,(H,21,25)(H,22,27). The van der Waals surface area contributed by atoms with E-state index in [2.05, 4.69) is 10.6 Å². The lowest BCUT2D eigenvalue weighted by molar-refractivity contribution is -0.384. The molecular weight excluding hydrogens is 392 g/mol. The third-order valence-electron chi connectivity index (χ3n) is 5.40. The molecule has 1 fully saturated rings. The highest BCUT2D eigenvalue weighted by Crippen LogP contribution is 2.41. The summed E-state index contributed by atoms with van der Waals surface area (Å²) >= 11 is 0. The number of amides is 4. The van der Waals surface area contributed by atoms with Crippen molar-refractivity contribution in [3.05, 3.63) is 63.7 Å². The summed E-state index contributed by atoms with van der Waals surface area (Å²) in [4.78, 5) is 49.5. The van der Waals surface area contributed by atoms with Crippen LogP contribution in [0.1, 0.15) is 17.5 Å². The monoisotopic (exact) mass is 410 g/mol. The van der Waals surface area contributed by atoms with Gasteiger partial charge in [-0.3, -0.25) is 24.6 Å². The van der Waals surface area contributed by atoms with Gasteiger partial charge in [0.2, 0.25) is 5.91 Å². The molecule has 1 aliphatic carbocycles. The first-order valence-electron chi connectivity index (χ1n) is 9.20. The first kappa shape index (κ1) is 19.4. The summed E-state index contributed by atoms with van der Waals surface area (Å²) in [7, 11) is 1.37. The molecule has 0 bridgehead atoms. The minimum absolute atomic E-state index is 0.0567. The van der Waals surface area contributed by atoms with Crippen LogP contribution < -0.4 is 15.4 Å². The summed E-state index contributed by atoms with van der Waals surface area (Å²) in [5.41, 5.74) is 0.128. The Morgan fingerprint density at radius 3 is 2.80 bits per heavy atom. The van der Waals surface area contributed by atoms with Gasteiger partial charge in [0.1, 0.15) is 23.5 Å². The van der Waals surface area contributed by atoms with Crippen LogP contribution in [0.25, 0.3) is 0 Å². The number of carbonyl (C=O) groups is 3. The molecule has 4 amide bonds. The molecule has 154 valence electrons. The third kappa shape index (κ3) is 3.02. The quantitative estimate of drug-likeness (QED) is 0.440. The maximum absolute atomic E-state index is 13.1. The number of ether oxygens (including phenoxy) is 1. The van der Waals surface area contributed by atoms with Crippen molar-refractivity contribution in [2.75, 3.05) is 19.0 Å². The topological polar surface area (TPSA) is 131 Å². The molecule has 1 atom stereocenters. The predicted molar refractivity (Wildman–Crippen MR) is 105 cm³/mol. The van der Waals surface area contributed by atoms with Crippen molar-refractivity contribution in [2.45, 2.75) is 18.4 Å². The van der Waals surface area contributed by atoms with Gasteiger partial charge in [0, 0.05) is 0 Å². The van der Waals surface area contributed by atoms with Gasteiger partial charge in [-0.2, -0.15) is 0 Å². The molecule has 0 aromatic heterocycles. The highest BCUT2D eigenvalue weighted by atomic mass is 16.6. The Morgan fingerprint density at radius 1 is 1.30 bits per heavy atom. The Labute approximate surface area is 171 Å². The molecule has 2 aliphatic rings. The molecule has 2 aromatic rings. The SMILES string of the molecule is COc1ccc(NC(=O)CN2C(=O)NC3(CCc4ccccc43)C2=O)c([N+](=O)[O-])c1. The van der Waals surface area contributed by atoms with Gasteiger partial charge < -0.3 is 15.4 Å². The zero-order valence-corrected chi connectivity index (χ0v) is 16.0. The van der Waals surface area contributed by atoms with E-state index in [0.717, 1.165) is 16.0 Å². The van der Waals surface area contributed by atoms with Crippen LogP contribution in [0.5, 0.6) is 5.75 Å². The molecule has 0 radical (unpaired) electrons. The van der Waals surface area contributed by atoms with Gasteiger partial charge in [0.05, 0.1) is 18.1 Å². The lowest BCUT2D eigenvalue weighted by Crippen LogP contribution is -2.43. The summed E-state index contributed by atoms with van der Waals surface area (Å²) in [6.45, 7) is -0.558. The van der Waals surface area contributed by atoms with Gasteiger partial charge >= 0.3 is 6.03 Å². The van der Waals surface area contributed by atoms with E-state index in [1.807, 2.05) is 12.1 Å². The normalized spacial score (nSPS) is 19.6. The third-order valence-corrected chi connectivity index (χ3v) is 5.40. The molecule has 2 N–H and O–H groups in total. The average Bonchev–Trinajstić information content (AvgIpc) is 3.21. The first-order chi connectivity index (χ1) is 14.4. The van der Waals surface area contributed by atoms with Gasteiger partial charge in [-0.25, -0.2) is 4.79 Å². The number of hydrogen-bond donors (Lipinski definition) is 2. The van der Waals surface area contributed by atoms with Crippen molar-refractivity contribution in [1.82, 2.24) is 10.2 Å². The van der Waals surface area contributed by atoms with E-state index in [-0.39, 0.29) is 17.1 Å². The highest BCUT2D eigenvalue weighted by Gasteiger charge is 2.55. The molecule has 10 nitrogen and oxygen atoms in total. The number of anilines is 1. The fourth-order valence-electron chi connectivity index (χ4n) is 3.96. The van der Waals surface area contributed by atoms with Crippen LogP contribution in [0.2, 0.25) is 0 Å². The number of nitro benzene ring substituents is 1. The molecule has 1 unspecified atom stereocenters. The molecule has 10 heteroatoms. The van der Waals surface area contributed by atoms with Crippen molar-refractivity contribution in [3.63, 3.8) is 0 Å². The smallest absolute Gasteiger partial charge is 0.325 e. The lowest BCUT2D eigenvalue weighted by Gasteiger charge is -2.22. The highest BCUT2D eigenvalue weighted by molar-refractivity contribution is 6.11. The maximum Gasteiger partial charge on any atom is 0.325 e. The zero-order chi connectivity index (χ0) is 21.5. The Kier molecular flexibility index (Phi) is 4.61. The molecular formula is C20H18N4O6. The number of aryl methyl sites for hydroxylation is 1. The minimum Gasteiger partial charge on any atom is -0.496 e. The summed E-state index contributed by atoms with van der Waals surface area (Å²) in [5, 5.41) is 16.4. The number of fused-ring (bicyclic) bond motifs is 2.